The van der Waals surface area contributed by atoms with E-state index in [-0.39, 0.29) is 12.5 Å². The van der Waals surface area contributed by atoms with Crippen LogP contribution in [0.5, 0.6) is 0 Å². The van der Waals surface area contributed by atoms with Crippen molar-refractivity contribution in [1.29, 1.82) is 0 Å². The molecule has 0 unspecified atom stereocenters. The van der Waals surface area contributed by atoms with Gasteiger partial charge in [0.15, 0.2) is 0 Å². The largest absolute Gasteiger partial charge is 0.468 e. The molecule has 2 aromatic carbocycles. The van der Waals surface area contributed by atoms with Crippen LogP contribution in [0.2, 0.25) is 0 Å². The molecule has 26 heavy (non-hydrogen) atoms. The molecule has 3 aromatic rings. The van der Waals surface area contributed by atoms with Crippen LogP contribution in [0.1, 0.15) is 16.8 Å². The normalized spacial score (nSPS) is 13.7. The van der Waals surface area contributed by atoms with Gasteiger partial charge in [0.1, 0.15) is 11.5 Å². The molecule has 4 rings (SSSR count). The lowest BCUT2D eigenvalue weighted by Crippen LogP contribution is -2.37. The van der Waals surface area contributed by atoms with Gasteiger partial charge in [0.25, 0.3) is 0 Å². The zero-order chi connectivity index (χ0) is 18.1. The lowest BCUT2D eigenvalue weighted by molar-refractivity contribution is -0.141. The van der Waals surface area contributed by atoms with Crippen LogP contribution >= 0.6 is 12.2 Å². The van der Waals surface area contributed by atoms with E-state index in [4.69, 9.17) is 17.0 Å². The third-order valence-corrected chi connectivity index (χ3v) is 5.38. The van der Waals surface area contributed by atoms with Gasteiger partial charge < -0.3 is 14.2 Å². The van der Waals surface area contributed by atoms with Gasteiger partial charge in [0.2, 0.25) is 0 Å². The molecule has 0 saturated carbocycles. The van der Waals surface area contributed by atoms with Crippen molar-refractivity contribution in [3.05, 3.63) is 71.4 Å². The number of thiocarbonyl (C=S) groups is 1. The number of aromatic nitrogens is 1. The highest BCUT2D eigenvalue weighted by Crippen LogP contribution is 2.32. The summed E-state index contributed by atoms with van der Waals surface area (Å²) in [5, 5.41) is 1.17. The Balaban J connectivity index is 1.77. The summed E-state index contributed by atoms with van der Waals surface area (Å²) in [6.45, 7) is 1.83. The second-order valence-corrected chi connectivity index (χ2v) is 6.86. The van der Waals surface area contributed by atoms with E-state index < -0.39 is 0 Å². The maximum atomic E-state index is 12.0. The van der Waals surface area contributed by atoms with Crippen LogP contribution in [0.4, 0.5) is 0 Å². The fourth-order valence-electron chi connectivity index (χ4n) is 3.68. The fraction of sp³-hybridized carbons (Fsp3) is 0.238. The highest BCUT2D eigenvalue weighted by Gasteiger charge is 2.28. The van der Waals surface area contributed by atoms with Crippen LogP contribution in [0, 0.1) is 0 Å². The second kappa shape index (κ2) is 6.92. The molecule has 0 fully saturated rings. The molecule has 0 spiro atoms. The van der Waals surface area contributed by atoms with Gasteiger partial charge in [0.05, 0.1) is 12.8 Å². The Morgan fingerprint density at radius 3 is 2.62 bits per heavy atom. The first-order chi connectivity index (χ1) is 12.7. The van der Waals surface area contributed by atoms with Gasteiger partial charge in [-0.25, -0.2) is 0 Å². The first-order valence-corrected chi connectivity index (χ1v) is 9.10. The van der Waals surface area contributed by atoms with Crippen LogP contribution in [0.15, 0.2) is 54.6 Å². The SMILES string of the molecule is COC(=O)Cn1c2c(c3ccccc31)CCN(Cc1ccccc1)C2=S. The Morgan fingerprint density at radius 2 is 1.85 bits per heavy atom. The number of hydrogen-bond acceptors (Lipinski definition) is 3. The summed E-state index contributed by atoms with van der Waals surface area (Å²) in [4.78, 5) is 15.0. The van der Waals surface area contributed by atoms with Gasteiger partial charge in [-0.05, 0) is 23.6 Å². The summed E-state index contributed by atoms with van der Waals surface area (Å²) in [5.41, 5.74) is 4.48. The lowest BCUT2D eigenvalue weighted by Gasteiger charge is -2.31. The molecule has 132 valence electrons. The minimum atomic E-state index is -0.267. The second-order valence-electron chi connectivity index (χ2n) is 6.47. The Labute approximate surface area is 158 Å². The molecule has 1 aliphatic rings. The molecular formula is C21H20N2O2S. The Kier molecular flexibility index (Phi) is 4.47. The van der Waals surface area contributed by atoms with Gasteiger partial charge in [-0.3, -0.25) is 4.79 Å². The van der Waals surface area contributed by atoms with Gasteiger partial charge >= 0.3 is 5.97 Å². The van der Waals surface area contributed by atoms with Crippen molar-refractivity contribution in [3.8, 4) is 0 Å². The molecule has 1 aliphatic heterocycles. The van der Waals surface area contributed by atoms with Crippen LogP contribution in [-0.2, 0) is 29.0 Å². The first-order valence-electron chi connectivity index (χ1n) is 8.69. The zero-order valence-corrected chi connectivity index (χ0v) is 15.5. The van der Waals surface area contributed by atoms with E-state index in [1.54, 1.807) is 0 Å². The van der Waals surface area contributed by atoms with E-state index in [0.717, 1.165) is 35.7 Å². The minimum Gasteiger partial charge on any atom is -0.468 e. The number of ether oxygens (including phenoxy) is 1. The molecule has 0 bridgehead atoms. The van der Waals surface area contributed by atoms with Crippen molar-refractivity contribution in [2.24, 2.45) is 0 Å². The van der Waals surface area contributed by atoms with Crippen LogP contribution in [0.3, 0.4) is 0 Å². The number of carbonyl (C=O) groups excluding carboxylic acids is 1. The molecular weight excluding hydrogens is 344 g/mol. The Hall–Kier alpha value is -2.66. The summed E-state index contributed by atoms with van der Waals surface area (Å²) in [5.74, 6) is -0.267. The van der Waals surface area contributed by atoms with Crippen molar-refractivity contribution in [3.63, 3.8) is 0 Å². The van der Waals surface area contributed by atoms with E-state index in [9.17, 15) is 4.79 Å². The maximum Gasteiger partial charge on any atom is 0.325 e. The van der Waals surface area contributed by atoms with E-state index in [0.29, 0.717) is 0 Å². The molecule has 0 saturated heterocycles. The van der Waals surface area contributed by atoms with Crippen molar-refractivity contribution in [2.45, 2.75) is 19.5 Å². The van der Waals surface area contributed by atoms with Gasteiger partial charge in [0, 0.05) is 24.0 Å². The van der Waals surface area contributed by atoms with Gasteiger partial charge in [-0.2, -0.15) is 0 Å². The number of carbonyl (C=O) groups is 1. The fourth-order valence-corrected chi connectivity index (χ4v) is 4.07. The summed E-state index contributed by atoms with van der Waals surface area (Å²) in [6.07, 6.45) is 0.914. The van der Waals surface area contributed by atoms with Crippen molar-refractivity contribution < 1.29 is 9.53 Å². The first kappa shape index (κ1) is 16.8. The molecule has 5 heteroatoms. The average Bonchev–Trinajstić information content (AvgIpc) is 2.99. The predicted octanol–water partition coefficient (Wildman–Crippen LogP) is 3.55. The van der Waals surface area contributed by atoms with E-state index in [2.05, 4.69) is 23.1 Å². The highest BCUT2D eigenvalue weighted by atomic mass is 32.1. The summed E-state index contributed by atoms with van der Waals surface area (Å²) >= 11 is 5.85. The smallest absolute Gasteiger partial charge is 0.325 e. The number of methoxy groups -OCH3 is 1. The van der Waals surface area contributed by atoms with Gasteiger partial charge in [-0.1, -0.05) is 60.7 Å². The molecule has 0 amide bonds. The van der Waals surface area contributed by atoms with Gasteiger partial charge in [-0.15, -0.1) is 0 Å². The highest BCUT2D eigenvalue weighted by molar-refractivity contribution is 7.80. The maximum absolute atomic E-state index is 12.0. The number of para-hydroxylation sites is 1. The quantitative estimate of drug-likeness (QED) is 0.524. The third-order valence-electron chi connectivity index (χ3n) is 4.93. The third kappa shape index (κ3) is 2.88. The average molecular weight is 364 g/mol. The number of fused-ring (bicyclic) bond motifs is 3. The number of hydrogen-bond donors (Lipinski definition) is 0. The Morgan fingerprint density at radius 1 is 1.12 bits per heavy atom. The van der Waals surface area contributed by atoms with Crippen molar-refractivity contribution in [1.82, 2.24) is 9.47 Å². The van der Waals surface area contributed by atoms with Crippen LogP contribution in [-0.4, -0.2) is 34.1 Å². The minimum absolute atomic E-state index is 0.172. The molecule has 0 aliphatic carbocycles. The molecule has 0 radical (unpaired) electrons. The standard InChI is InChI=1S/C21H20N2O2S/c1-25-19(24)14-23-18-10-6-5-9-16(18)17-11-12-22(21(26)20(17)23)13-15-7-3-2-4-8-15/h2-10H,11-14H2,1H3. The van der Waals surface area contributed by atoms with Crippen LogP contribution in [0.25, 0.3) is 10.9 Å². The van der Waals surface area contributed by atoms with E-state index in [1.807, 2.05) is 41.0 Å². The summed E-state index contributed by atoms with van der Waals surface area (Å²) < 4.78 is 6.91. The topological polar surface area (TPSA) is 34.5 Å². The van der Waals surface area contributed by atoms with E-state index >= 15 is 0 Å². The van der Waals surface area contributed by atoms with Crippen LogP contribution < -0.4 is 0 Å². The van der Waals surface area contributed by atoms with Crippen molar-refractivity contribution in [2.75, 3.05) is 13.7 Å². The van der Waals surface area contributed by atoms with E-state index in [1.165, 1.54) is 23.6 Å². The van der Waals surface area contributed by atoms with Crippen molar-refractivity contribution >= 4 is 34.1 Å². The number of benzene rings is 2. The predicted molar refractivity (Wildman–Crippen MR) is 106 cm³/mol. The zero-order valence-electron chi connectivity index (χ0n) is 14.6. The number of rotatable bonds is 4. The molecule has 1 aromatic heterocycles. The molecule has 0 N–H and O–H groups in total. The number of nitrogens with zero attached hydrogens (tertiary/aromatic N) is 2. The lowest BCUT2D eigenvalue weighted by atomic mass is 10.0. The molecule has 4 nitrogen and oxygen atoms in total. The summed E-state index contributed by atoms with van der Waals surface area (Å²) in [6, 6.07) is 18.5. The Bertz CT molecular complexity index is 978. The molecule has 0 atom stereocenters. The number of esters is 1. The summed E-state index contributed by atoms with van der Waals surface area (Å²) in [7, 11) is 1.42. The molecule has 2 heterocycles. The monoisotopic (exact) mass is 364 g/mol.